The molecule has 3 fully saturated rings. The molecule has 1 spiro atoms. The molecule has 4 aliphatic rings. The fraction of sp³-hybridized carbons (Fsp3) is 0.524. The first kappa shape index (κ1) is 15.9. The number of fused-ring (bicyclic) bond motifs is 3. The van der Waals surface area contributed by atoms with Crippen LogP contribution >= 0.6 is 0 Å². The molecule has 2 saturated carbocycles. The van der Waals surface area contributed by atoms with Crippen molar-refractivity contribution in [3.8, 4) is 11.5 Å². The van der Waals surface area contributed by atoms with Gasteiger partial charge in [-0.3, -0.25) is 14.5 Å². The predicted octanol–water partition coefficient (Wildman–Crippen LogP) is 2.44. The molecule has 2 bridgehead atoms. The third-order valence-corrected chi connectivity index (χ3v) is 7.02. The Morgan fingerprint density at radius 1 is 1.00 bits per heavy atom. The number of ether oxygens (including phenoxy) is 2. The Kier molecular flexibility index (Phi) is 3.27. The maximum atomic E-state index is 13.0. The molecule has 1 aliphatic heterocycles. The number of carbonyl (C=O) groups is 2. The molecule has 4 atom stereocenters. The molecule has 1 heterocycles. The van der Waals surface area contributed by atoms with Crippen LogP contribution in [0, 0.1) is 29.1 Å². The Balaban J connectivity index is 1.32. The number of allylic oxidation sites excluding steroid dienone is 2. The van der Waals surface area contributed by atoms with Crippen molar-refractivity contribution in [2.75, 3.05) is 20.8 Å². The number of benzene rings is 1. The van der Waals surface area contributed by atoms with Gasteiger partial charge in [0.2, 0.25) is 11.8 Å². The van der Waals surface area contributed by atoms with Gasteiger partial charge in [0.05, 0.1) is 26.1 Å². The molecule has 26 heavy (non-hydrogen) atoms. The number of nitrogens with zero attached hydrogens (tertiary/aromatic N) is 1. The SMILES string of the molecule is COc1ccc(CCN2C(=O)[C@H]3[C@H](C2=O)[C@H]2C=C[C@H]3C23CC3)cc1OC. The monoisotopic (exact) mass is 353 g/mol. The number of hydrogen-bond acceptors (Lipinski definition) is 4. The molecule has 0 radical (unpaired) electrons. The van der Waals surface area contributed by atoms with Crippen LogP contribution in [0.2, 0.25) is 0 Å². The summed E-state index contributed by atoms with van der Waals surface area (Å²) in [7, 11) is 3.21. The van der Waals surface area contributed by atoms with Gasteiger partial charge in [0.25, 0.3) is 0 Å². The Bertz CT molecular complexity index is 791. The van der Waals surface area contributed by atoms with Gasteiger partial charge in [-0.1, -0.05) is 18.2 Å². The van der Waals surface area contributed by atoms with Crippen LogP contribution in [0.5, 0.6) is 11.5 Å². The topological polar surface area (TPSA) is 55.8 Å². The minimum Gasteiger partial charge on any atom is -0.493 e. The van der Waals surface area contributed by atoms with E-state index in [0.29, 0.717) is 36.3 Å². The highest BCUT2D eigenvalue weighted by Gasteiger charge is 2.73. The van der Waals surface area contributed by atoms with E-state index >= 15 is 0 Å². The molecule has 1 aromatic carbocycles. The summed E-state index contributed by atoms with van der Waals surface area (Å²) in [5.41, 5.74) is 1.29. The van der Waals surface area contributed by atoms with Crippen molar-refractivity contribution < 1.29 is 19.1 Å². The summed E-state index contributed by atoms with van der Waals surface area (Å²) in [6.07, 6.45) is 7.40. The highest BCUT2D eigenvalue weighted by molar-refractivity contribution is 6.06. The minimum absolute atomic E-state index is 0.0450. The largest absolute Gasteiger partial charge is 0.493 e. The molecule has 5 nitrogen and oxygen atoms in total. The Labute approximate surface area is 153 Å². The fourth-order valence-electron chi connectivity index (χ4n) is 5.64. The summed E-state index contributed by atoms with van der Waals surface area (Å²) in [4.78, 5) is 27.5. The van der Waals surface area contributed by atoms with E-state index in [0.717, 1.165) is 5.56 Å². The lowest BCUT2D eigenvalue weighted by molar-refractivity contribution is -0.141. The Morgan fingerprint density at radius 2 is 1.62 bits per heavy atom. The Hall–Kier alpha value is -2.30. The number of methoxy groups -OCH3 is 2. The van der Waals surface area contributed by atoms with Crippen LogP contribution in [-0.4, -0.2) is 37.5 Å². The number of carbonyl (C=O) groups excluding carboxylic acids is 2. The fourth-order valence-corrected chi connectivity index (χ4v) is 5.64. The summed E-state index contributed by atoms with van der Waals surface area (Å²) in [6.45, 7) is 0.437. The molecule has 136 valence electrons. The van der Waals surface area contributed by atoms with Crippen LogP contribution in [0.25, 0.3) is 0 Å². The van der Waals surface area contributed by atoms with Crippen molar-refractivity contribution in [1.82, 2.24) is 4.90 Å². The second-order valence-corrected chi connectivity index (χ2v) is 7.99. The summed E-state index contributed by atoms with van der Waals surface area (Å²) < 4.78 is 10.6. The number of likely N-dealkylation sites (tertiary alicyclic amines) is 1. The van der Waals surface area contributed by atoms with E-state index in [1.165, 1.54) is 17.7 Å². The average molecular weight is 353 g/mol. The zero-order valence-corrected chi connectivity index (χ0v) is 15.1. The van der Waals surface area contributed by atoms with Gasteiger partial charge in [0, 0.05) is 6.54 Å². The molecule has 5 rings (SSSR count). The quantitative estimate of drug-likeness (QED) is 0.603. The molecule has 1 aromatic rings. The molecule has 5 heteroatoms. The van der Waals surface area contributed by atoms with Gasteiger partial charge >= 0.3 is 0 Å². The van der Waals surface area contributed by atoms with Gasteiger partial charge in [-0.15, -0.1) is 0 Å². The van der Waals surface area contributed by atoms with E-state index in [2.05, 4.69) is 12.2 Å². The van der Waals surface area contributed by atoms with Gasteiger partial charge < -0.3 is 9.47 Å². The molecule has 0 N–H and O–H groups in total. The number of imide groups is 1. The molecule has 3 aliphatic carbocycles. The highest BCUT2D eigenvalue weighted by atomic mass is 16.5. The third-order valence-electron chi connectivity index (χ3n) is 7.02. The van der Waals surface area contributed by atoms with Crippen LogP contribution in [0.15, 0.2) is 30.4 Å². The maximum absolute atomic E-state index is 13.0. The van der Waals surface area contributed by atoms with E-state index in [1.807, 2.05) is 18.2 Å². The zero-order chi connectivity index (χ0) is 18.1. The Morgan fingerprint density at radius 3 is 2.15 bits per heavy atom. The number of amides is 2. The third kappa shape index (κ3) is 1.91. The van der Waals surface area contributed by atoms with Crippen LogP contribution in [-0.2, 0) is 16.0 Å². The first-order valence-electron chi connectivity index (χ1n) is 9.35. The van der Waals surface area contributed by atoms with Crippen molar-refractivity contribution in [1.29, 1.82) is 0 Å². The summed E-state index contributed by atoms with van der Waals surface area (Å²) >= 11 is 0. The standard InChI is InChI=1S/C21H23NO4/c1-25-15-6-3-12(11-16(15)26-2)7-10-22-19(23)17-13-4-5-14(18(17)20(22)24)21(13)8-9-21/h3-6,11,13-14,17-18H,7-10H2,1-2H3/t13-,14-,17-,18-/m1/s1. The van der Waals surface area contributed by atoms with Crippen molar-refractivity contribution >= 4 is 11.8 Å². The first-order chi connectivity index (χ1) is 12.6. The second kappa shape index (κ2) is 5.35. The van der Waals surface area contributed by atoms with Crippen LogP contribution < -0.4 is 9.47 Å². The van der Waals surface area contributed by atoms with E-state index in [-0.39, 0.29) is 29.1 Å². The summed E-state index contributed by atoms with van der Waals surface area (Å²) in [5, 5.41) is 0. The number of rotatable bonds is 5. The molecular weight excluding hydrogens is 330 g/mol. The zero-order valence-electron chi connectivity index (χ0n) is 15.1. The van der Waals surface area contributed by atoms with Gasteiger partial charge in [0.1, 0.15) is 0 Å². The molecule has 0 aromatic heterocycles. The van der Waals surface area contributed by atoms with Gasteiger partial charge in [-0.05, 0) is 54.2 Å². The average Bonchev–Trinajstić information content (AvgIpc) is 3.26. The van der Waals surface area contributed by atoms with E-state index < -0.39 is 0 Å². The minimum atomic E-state index is -0.106. The summed E-state index contributed by atoms with van der Waals surface area (Å²) in [5.74, 6) is 1.80. The van der Waals surface area contributed by atoms with Crippen molar-refractivity contribution in [2.24, 2.45) is 29.1 Å². The van der Waals surface area contributed by atoms with E-state index in [1.54, 1.807) is 14.2 Å². The van der Waals surface area contributed by atoms with Gasteiger partial charge in [-0.25, -0.2) is 0 Å². The van der Waals surface area contributed by atoms with Crippen LogP contribution in [0.4, 0.5) is 0 Å². The van der Waals surface area contributed by atoms with Gasteiger partial charge in [0.15, 0.2) is 11.5 Å². The lowest BCUT2D eigenvalue weighted by Gasteiger charge is -2.21. The molecule has 2 amide bonds. The highest BCUT2D eigenvalue weighted by Crippen LogP contribution is 2.73. The van der Waals surface area contributed by atoms with Crippen LogP contribution in [0.3, 0.4) is 0 Å². The molecular formula is C21H23NO4. The smallest absolute Gasteiger partial charge is 0.233 e. The van der Waals surface area contributed by atoms with Crippen molar-refractivity contribution in [3.05, 3.63) is 35.9 Å². The molecule has 1 saturated heterocycles. The van der Waals surface area contributed by atoms with E-state index in [4.69, 9.17) is 9.47 Å². The number of hydrogen-bond donors (Lipinski definition) is 0. The van der Waals surface area contributed by atoms with Crippen LogP contribution in [0.1, 0.15) is 18.4 Å². The lowest BCUT2D eigenvalue weighted by Crippen LogP contribution is -2.36. The van der Waals surface area contributed by atoms with E-state index in [9.17, 15) is 9.59 Å². The summed E-state index contributed by atoms with van der Waals surface area (Å²) in [6, 6.07) is 5.73. The van der Waals surface area contributed by atoms with Crippen molar-refractivity contribution in [3.63, 3.8) is 0 Å². The molecule has 0 unspecified atom stereocenters. The lowest BCUT2D eigenvalue weighted by atomic mass is 9.85. The maximum Gasteiger partial charge on any atom is 0.233 e. The van der Waals surface area contributed by atoms with Gasteiger partial charge in [-0.2, -0.15) is 0 Å². The second-order valence-electron chi connectivity index (χ2n) is 7.99. The van der Waals surface area contributed by atoms with Crippen molar-refractivity contribution in [2.45, 2.75) is 19.3 Å². The first-order valence-corrected chi connectivity index (χ1v) is 9.35. The predicted molar refractivity (Wildman–Crippen MR) is 94.7 cm³/mol. The normalized spacial score (nSPS) is 32.5.